The Bertz CT molecular complexity index is 508. The molecule has 0 spiro atoms. The van der Waals surface area contributed by atoms with Gasteiger partial charge in [0.1, 0.15) is 11.5 Å². The number of carboxylic acid groups (broad SMARTS) is 1. The van der Waals surface area contributed by atoms with E-state index in [-0.39, 0.29) is 18.9 Å². The summed E-state index contributed by atoms with van der Waals surface area (Å²) in [4.78, 5) is 24.4. The van der Waals surface area contributed by atoms with Crippen molar-refractivity contribution in [3.8, 4) is 0 Å². The van der Waals surface area contributed by atoms with Gasteiger partial charge in [-0.05, 0) is 45.9 Å². The monoisotopic (exact) mass is 279 g/mol. The van der Waals surface area contributed by atoms with Gasteiger partial charge in [0.15, 0.2) is 0 Å². The molecular formula is C15H21NO4. The summed E-state index contributed by atoms with van der Waals surface area (Å²) in [6, 6.07) is 3.59. The number of furan rings is 1. The van der Waals surface area contributed by atoms with Crippen LogP contribution >= 0.6 is 0 Å². The molecule has 0 radical (unpaired) electrons. The predicted octanol–water partition coefficient (Wildman–Crippen LogP) is 2.70. The number of carbonyl (C=O) groups excluding carboxylic acids is 1. The lowest BCUT2D eigenvalue weighted by molar-refractivity contribution is -0.139. The molecule has 1 aromatic rings. The third kappa shape index (κ3) is 4.91. The second kappa shape index (κ2) is 6.41. The first-order valence-corrected chi connectivity index (χ1v) is 6.48. The van der Waals surface area contributed by atoms with Crippen LogP contribution in [0.25, 0.3) is 6.08 Å². The summed E-state index contributed by atoms with van der Waals surface area (Å²) in [5, 5.41) is 8.75. The number of carboxylic acids is 1. The van der Waals surface area contributed by atoms with E-state index < -0.39 is 11.5 Å². The highest BCUT2D eigenvalue weighted by Crippen LogP contribution is 2.15. The molecule has 1 N–H and O–H groups in total. The van der Waals surface area contributed by atoms with Crippen molar-refractivity contribution in [2.75, 3.05) is 6.54 Å². The maximum absolute atomic E-state index is 12.2. The van der Waals surface area contributed by atoms with E-state index in [1.54, 1.807) is 12.1 Å². The standard InChI is InChI=1S/C15H21NO4/c1-11-5-6-12(20-11)7-8-13(17)16(15(2,3)4)10-9-14(18)19/h5-8H,9-10H2,1-4H3,(H,18,19)/b8-7+. The van der Waals surface area contributed by atoms with E-state index in [2.05, 4.69) is 0 Å². The molecule has 1 heterocycles. The van der Waals surface area contributed by atoms with Gasteiger partial charge in [-0.2, -0.15) is 0 Å². The average Bonchev–Trinajstić information content (AvgIpc) is 2.70. The fraction of sp³-hybridized carbons (Fsp3) is 0.467. The Balaban J connectivity index is 2.77. The molecule has 0 aliphatic carbocycles. The van der Waals surface area contributed by atoms with E-state index >= 15 is 0 Å². The maximum Gasteiger partial charge on any atom is 0.305 e. The Labute approximate surface area is 118 Å². The number of aliphatic carboxylic acids is 1. The van der Waals surface area contributed by atoms with E-state index in [9.17, 15) is 9.59 Å². The van der Waals surface area contributed by atoms with Crippen LogP contribution in [0.3, 0.4) is 0 Å². The van der Waals surface area contributed by atoms with Crippen LogP contribution in [0.4, 0.5) is 0 Å². The van der Waals surface area contributed by atoms with Crippen LogP contribution in [0.2, 0.25) is 0 Å². The minimum absolute atomic E-state index is 0.0727. The molecule has 0 saturated carbocycles. The molecule has 110 valence electrons. The summed E-state index contributed by atoms with van der Waals surface area (Å²) in [7, 11) is 0. The Morgan fingerprint density at radius 2 is 2.00 bits per heavy atom. The summed E-state index contributed by atoms with van der Waals surface area (Å²) in [6.45, 7) is 7.62. The second-order valence-corrected chi connectivity index (χ2v) is 5.59. The van der Waals surface area contributed by atoms with Crippen LogP contribution in [-0.4, -0.2) is 34.0 Å². The number of nitrogens with zero attached hydrogens (tertiary/aromatic N) is 1. The molecule has 0 fully saturated rings. The van der Waals surface area contributed by atoms with Crippen LogP contribution in [0, 0.1) is 6.92 Å². The minimum Gasteiger partial charge on any atom is -0.481 e. The lowest BCUT2D eigenvalue weighted by Crippen LogP contribution is -2.45. The first kappa shape index (κ1) is 16.0. The van der Waals surface area contributed by atoms with Gasteiger partial charge in [0.05, 0.1) is 6.42 Å². The van der Waals surface area contributed by atoms with Crippen molar-refractivity contribution < 1.29 is 19.1 Å². The topological polar surface area (TPSA) is 70.8 Å². The lowest BCUT2D eigenvalue weighted by atomic mass is 10.1. The van der Waals surface area contributed by atoms with Crippen molar-refractivity contribution in [2.45, 2.75) is 39.7 Å². The molecule has 0 unspecified atom stereocenters. The molecule has 1 aromatic heterocycles. The smallest absolute Gasteiger partial charge is 0.305 e. The normalized spacial score (nSPS) is 11.8. The molecule has 1 rings (SSSR count). The van der Waals surface area contributed by atoms with Crippen molar-refractivity contribution in [1.82, 2.24) is 4.90 Å². The van der Waals surface area contributed by atoms with Crippen molar-refractivity contribution in [1.29, 1.82) is 0 Å². The van der Waals surface area contributed by atoms with Crippen LogP contribution in [0.15, 0.2) is 22.6 Å². The van der Waals surface area contributed by atoms with Crippen LogP contribution < -0.4 is 0 Å². The predicted molar refractivity (Wildman–Crippen MR) is 76.2 cm³/mol. The molecule has 5 nitrogen and oxygen atoms in total. The Hall–Kier alpha value is -2.04. The quantitative estimate of drug-likeness (QED) is 0.841. The zero-order chi connectivity index (χ0) is 15.3. The summed E-state index contributed by atoms with van der Waals surface area (Å²) < 4.78 is 5.35. The Morgan fingerprint density at radius 3 is 2.45 bits per heavy atom. The van der Waals surface area contributed by atoms with E-state index in [4.69, 9.17) is 9.52 Å². The molecule has 0 aliphatic heterocycles. The van der Waals surface area contributed by atoms with Gasteiger partial charge in [-0.1, -0.05) is 0 Å². The summed E-state index contributed by atoms with van der Waals surface area (Å²) in [5.74, 6) is 0.226. The van der Waals surface area contributed by atoms with Gasteiger partial charge >= 0.3 is 5.97 Å². The molecular weight excluding hydrogens is 258 g/mol. The summed E-state index contributed by atoms with van der Waals surface area (Å²) in [6.07, 6.45) is 2.93. The zero-order valence-corrected chi connectivity index (χ0v) is 12.3. The molecule has 0 aliphatic rings. The average molecular weight is 279 g/mol. The summed E-state index contributed by atoms with van der Waals surface area (Å²) >= 11 is 0. The van der Waals surface area contributed by atoms with Crippen LogP contribution in [-0.2, 0) is 9.59 Å². The number of hydrogen-bond donors (Lipinski definition) is 1. The first-order chi connectivity index (χ1) is 9.20. The van der Waals surface area contributed by atoms with Crippen molar-refractivity contribution in [2.24, 2.45) is 0 Å². The van der Waals surface area contributed by atoms with Crippen molar-refractivity contribution in [3.63, 3.8) is 0 Å². The number of hydrogen-bond acceptors (Lipinski definition) is 3. The van der Waals surface area contributed by atoms with Crippen molar-refractivity contribution in [3.05, 3.63) is 29.7 Å². The third-order valence-electron chi connectivity index (χ3n) is 2.78. The molecule has 0 saturated heterocycles. The van der Waals surface area contributed by atoms with Gasteiger partial charge in [0, 0.05) is 18.2 Å². The highest BCUT2D eigenvalue weighted by Gasteiger charge is 2.25. The van der Waals surface area contributed by atoms with Crippen molar-refractivity contribution >= 4 is 18.0 Å². The lowest BCUT2D eigenvalue weighted by Gasteiger charge is -2.34. The van der Waals surface area contributed by atoms with Gasteiger partial charge in [-0.25, -0.2) is 0 Å². The fourth-order valence-corrected chi connectivity index (χ4v) is 1.77. The Morgan fingerprint density at radius 1 is 1.35 bits per heavy atom. The number of amides is 1. The molecule has 1 amide bonds. The van der Waals surface area contributed by atoms with E-state index in [1.165, 1.54) is 11.0 Å². The van der Waals surface area contributed by atoms with Gasteiger partial charge in [-0.3, -0.25) is 9.59 Å². The molecule has 20 heavy (non-hydrogen) atoms. The molecule has 5 heteroatoms. The fourth-order valence-electron chi connectivity index (χ4n) is 1.77. The second-order valence-electron chi connectivity index (χ2n) is 5.59. The SMILES string of the molecule is Cc1ccc(/C=C/C(=O)N(CCC(=O)O)C(C)(C)C)o1. The first-order valence-electron chi connectivity index (χ1n) is 6.48. The molecule has 0 bridgehead atoms. The third-order valence-corrected chi connectivity index (χ3v) is 2.78. The highest BCUT2D eigenvalue weighted by atomic mass is 16.4. The van der Waals surface area contributed by atoms with Gasteiger partial charge in [0.2, 0.25) is 5.91 Å². The van der Waals surface area contributed by atoms with E-state index in [0.717, 1.165) is 5.76 Å². The van der Waals surface area contributed by atoms with E-state index in [1.807, 2.05) is 33.8 Å². The van der Waals surface area contributed by atoms with Gasteiger partial charge < -0.3 is 14.4 Å². The number of aryl methyl sites for hydroxylation is 1. The number of carbonyl (C=O) groups is 2. The Kier molecular flexibility index (Phi) is 5.13. The van der Waals surface area contributed by atoms with Gasteiger partial charge in [0.25, 0.3) is 0 Å². The molecule has 0 aromatic carbocycles. The molecule has 0 atom stereocenters. The largest absolute Gasteiger partial charge is 0.481 e. The van der Waals surface area contributed by atoms with Crippen LogP contribution in [0.1, 0.15) is 38.7 Å². The zero-order valence-electron chi connectivity index (χ0n) is 12.3. The van der Waals surface area contributed by atoms with E-state index in [0.29, 0.717) is 5.76 Å². The maximum atomic E-state index is 12.2. The highest BCUT2D eigenvalue weighted by molar-refractivity contribution is 5.92. The van der Waals surface area contributed by atoms with Gasteiger partial charge in [-0.15, -0.1) is 0 Å². The summed E-state index contributed by atoms with van der Waals surface area (Å²) in [5.41, 5.74) is -0.435. The minimum atomic E-state index is -0.919. The number of rotatable bonds is 5. The van der Waals surface area contributed by atoms with Crippen LogP contribution in [0.5, 0.6) is 0 Å².